The van der Waals surface area contributed by atoms with Gasteiger partial charge in [-0.15, -0.1) is 0 Å². The molecule has 0 aliphatic rings. The number of ether oxygens (including phenoxy) is 1. The molecular weight excluding hydrogens is 206 g/mol. The maximum absolute atomic E-state index is 11.9. The van der Waals surface area contributed by atoms with Crippen LogP contribution in [0.25, 0.3) is 0 Å². The van der Waals surface area contributed by atoms with Crippen molar-refractivity contribution in [1.82, 2.24) is 4.90 Å². The van der Waals surface area contributed by atoms with Gasteiger partial charge in [-0.05, 0) is 5.92 Å². The molecule has 1 amide bonds. The molecule has 0 saturated carbocycles. The summed E-state index contributed by atoms with van der Waals surface area (Å²) in [5.74, 6) is 0.194. The van der Waals surface area contributed by atoms with Gasteiger partial charge >= 0.3 is 5.97 Å². The van der Waals surface area contributed by atoms with Gasteiger partial charge in [-0.25, -0.2) is 0 Å². The van der Waals surface area contributed by atoms with E-state index in [0.29, 0.717) is 19.0 Å². The lowest BCUT2D eigenvalue weighted by atomic mass is 10.1. The Labute approximate surface area is 98.0 Å². The molecule has 0 unspecified atom stereocenters. The Balaban J connectivity index is 4.32. The average molecular weight is 229 g/mol. The maximum Gasteiger partial charge on any atom is 0.307 e. The molecule has 0 aromatic heterocycles. The van der Waals surface area contributed by atoms with E-state index in [-0.39, 0.29) is 24.2 Å². The zero-order valence-corrected chi connectivity index (χ0v) is 10.9. The molecule has 0 heterocycles. The van der Waals surface area contributed by atoms with E-state index in [1.165, 1.54) is 7.11 Å². The van der Waals surface area contributed by atoms with Crippen molar-refractivity contribution in [3.05, 3.63) is 0 Å². The van der Waals surface area contributed by atoms with E-state index in [1.54, 1.807) is 4.90 Å². The van der Waals surface area contributed by atoms with Crippen LogP contribution in [0.3, 0.4) is 0 Å². The van der Waals surface area contributed by atoms with Crippen LogP contribution in [0.15, 0.2) is 0 Å². The van der Waals surface area contributed by atoms with Crippen molar-refractivity contribution in [2.75, 3.05) is 20.2 Å². The Morgan fingerprint density at radius 2 is 1.75 bits per heavy atom. The van der Waals surface area contributed by atoms with Crippen LogP contribution in [-0.2, 0) is 14.3 Å². The number of nitrogens with zero attached hydrogens (tertiary/aromatic N) is 1. The molecule has 0 bridgehead atoms. The van der Waals surface area contributed by atoms with Crippen molar-refractivity contribution >= 4 is 11.9 Å². The van der Waals surface area contributed by atoms with Gasteiger partial charge in [-0.2, -0.15) is 0 Å². The predicted molar refractivity (Wildman–Crippen MR) is 62.9 cm³/mol. The summed E-state index contributed by atoms with van der Waals surface area (Å²) in [4.78, 5) is 24.6. The summed E-state index contributed by atoms with van der Waals surface area (Å²) in [5, 5.41) is 0. The highest BCUT2D eigenvalue weighted by Gasteiger charge is 2.18. The summed E-state index contributed by atoms with van der Waals surface area (Å²) in [6.45, 7) is 8.98. The molecule has 0 rings (SSSR count). The van der Waals surface area contributed by atoms with Crippen molar-refractivity contribution in [1.29, 1.82) is 0 Å². The highest BCUT2D eigenvalue weighted by molar-refractivity contribution is 5.79. The first kappa shape index (κ1) is 14.9. The van der Waals surface area contributed by atoms with Crippen LogP contribution in [0.1, 0.15) is 34.1 Å². The van der Waals surface area contributed by atoms with E-state index < -0.39 is 0 Å². The molecule has 0 atom stereocenters. The molecule has 4 nitrogen and oxygen atoms in total. The third kappa shape index (κ3) is 5.73. The summed E-state index contributed by atoms with van der Waals surface area (Å²) in [6.07, 6.45) is 0.266. The minimum atomic E-state index is -0.273. The van der Waals surface area contributed by atoms with Gasteiger partial charge in [0.2, 0.25) is 5.91 Å². The Morgan fingerprint density at radius 1 is 1.19 bits per heavy atom. The van der Waals surface area contributed by atoms with Crippen LogP contribution >= 0.6 is 0 Å². The molecule has 0 fully saturated rings. The number of methoxy groups -OCH3 is 1. The van der Waals surface area contributed by atoms with E-state index in [9.17, 15) is 9.59 Å². The van der Waals surface area contributed by atoms with Gasteiger partial charge in [0.15, 0.2) is 0 Å². The van der Waals surface area contributed by atoms with Gasteiger partial charge in [0.1, 0.15) is 0 Å². The molecule has 0 saturated heterocycles. The van der Waals surface area contributed by atoms with Crippen LogP contribution in [0.5, 0.6) is 0 Å². The zero-order chi connectivity index (χ0) is 12.7. The third-order valence-corrected chi connectivity index (χ3v) is 2.20. The normalized spacial score (nSPS) is 10.7. The number of rotatable bonds is 6. The number of hydrogen-bond donors (Lipinski definition) is 0. The zero-order valence-electron chi connectivity index (χ0n) is 10.9. The van der Waals surface area contributed by atoms with Crippen LogP contribution in [0, 0.1) is 11.8 Å². The Morgan fingerprint density at radius 3 is 2.12 bits per heavy atom. The van der Waals surface area contributed by atoms with Crippen molar-refractivity contribution in [3.63, 3.8) is 0 Å². The first-order valence-corrected chi connectivity index (χ1v) is 5.74. The van der Waals surface area contributed by atoms with Crippen molar-refractivity contribution in [2.45, 2.75) is 34.1 Å². The second-order valence-corrected chi connectivity index (χ2v) is 4.66. The van der Waals surface area contributed by atoms with Gasteiger partial charge < -0.3 is 9.64 Å². The van der Waals surface area contributed by atoms with Crippen LogP contribution in [0.4, 0.5) is 0 Å². The highest BCUT2D eigenvalue weighted by Crippen LogP contribution is 2.06. The van der Waals surface area contributed by atoms with Crippen molar-refractivity contribution in [3.8, 4) is 0 Å². The molecule has 0 aromatic rings. The number of amides is 1. The molecule has 0 N–H and O–H groups in total. The highest BCUT2D eigenvalue weighted by atomic mass is 16.5. The van der Waals surface area contributed by atoms with Gasteiger partial charge in [0.25, 0.3) is 0 Å². The summed E-state index contributed by atoms with van der Waals surface area (Å²) in [7, 11) is 1.36. The van der Waals surface area contributed by atoms with Crippen LogP contribution in [0.2, 0.25) is 0 Å². The topological polar surface area (TPSA) is 46.6 Å². The van der Waals surface area contributed by atoms with Crippen molar-refractivity contribution in [2.24, 2.45) is 11.8 Å². The van der Waals surface area contributed by atoms with Gasteiger partial charge in [0.05, 0.1) is 13.5 Å². The molecule has 0 aliphatic carbocycles. The van der Waals surface area contributed by atoms with Gasteiger partial charge in [-0.3, -0.25) is 9.59 Å². The molecule has 0 spiro atoms. The Bertz CT molecular complexity index is 236. The molecule has 0 aliphatic heterocycles. The SMILES string of the molecule is COC(=O)CCN(CC(C)C)C(=O)C(C)C. The lowest BCUT2D eigenvalue weighted by molar-refractivity contribution is -0.142. The number of carbonyl (C=O) groups is 2. The number of carbonyl (C=O) groups excluding carboxylic acids is 2. The lowest BCUT2D eigenvalue weighted by Gasteiger charge is -2.25. The molecule has 94 valence electrons. The first-order valence-electron chi connectivity index (χ1n) is 5.74. The minimum absolute atomic E-state index is 0.0311. The van der Waals surface area contributed by atoms with Crippen LogP contribution < -0.4 is 0 Å². The fourth-order valence-electron chi connectivity index (χ4n) is 1.43. The summed E-state index contributed by atoms with van der Waals surface area (Å²) in [5.41, 5.74) is 0. The second-order valence-electron chi connectivity index (χ2n) is 4.66. The number of esters is 1. The minimum Gasteiger partial charge on any atom is -0.469 e. The Kier molecular flexibility index (Phi) is 6.77. The third-order valence-electron chi connectivity index (χ3n) is 2.20. The van der Waals surface area contributed by atoms with Gasteiger partial charge in [-0.1, -0.05) is 27.7 Å². The Hall–Kier alpha value is -1.06. The van der Waals surface area contributed by atoms with E-state index in [4.69, 9.17) is 0 Å². The monoisotopic (exact) mass is 229 g/mol. The first-order chi connectivity index (χ1) is 7.38. The quantitative estimate of drug-likeness (QED) is 0.651. The number of hydrogen-bond acceptors (Lipinski definition) is 3. The largest absolute Gasteiger partial charge is 0.469 e. The fourth-order valence-corrected chi connectivity index (χ4v) is 1.43. The lowest BCUT2D eigenvalue weighted by Crippen LogP contribution is -2.38. The predicted octanol–water partition coefficient (Wildman–Crippen LogP) is 1.69. The van der Waals surface area contributed by atoms with E-state index in [2.05, 4.69) is 18.6 Å². The smallest absolute Gasteiger partial charge is 0.307 e. The molecule has 0 radical (unpaired) electrons. The molecule has 4 heteroatoms. The van der Waals surface area contributed by atoms with Crippen LogP contribution in [-0.4, -0.2) is 37.0 Å². The van der Waals surface area contributed by atoms with Gasteiger partial charge in [0, 0.05) is 19.0 Å². The fraction of sp³-hybridized carbons (Fsp3) is 0.833. The van der Waals surface area contributed by atoms with E-state index in [0.717, 1.165) is 0 Å². The molecule has 0 aromatic carbocycles. The van der Waals surface area contributed by atoms with Crippen molar-refractivity contribution < 1.29 is 14.3 Å². The summed E-state index contributed by atoms with van der Waals surface area (Å²) >= 11 is 0. The summed E-state index contributed by atoms with van der Waals surface area (Å²) < 4.78 is 4.57. The second kappa shape index (κ2) is 7.25. The average Bonchev–Trinajstić information content (AvgIpc) is 2.21. The van der Waals surface area contributed by atoms with E-state index >= 15 is 0 Å². The summed E-state index contributed by atoms with van der Waals surface area (Å²) in [6, 6.07) is 0. The van der Waals surface area contributed by atoms with E-state index in [1.807, 2.05) is 13.8 Å². The standard InChI is InChI=1S/C12H23NO3/c1-9(2)8-13(12(15)10(3)4)7-6-11(14)16-5/h9-10H,6-8H2,1-5H3. The maximum atomic E-state index is 11.9. The molecule has 16 heavy (non-hydrogen) atoms. The molecular formula is C12H23NO3.